The van der Waals surface area contributed by atoms with Gasteiger partial charge in [-0.05, 0) is 114 Å². The third kappa shape index (κ3) is 5.66. The fourth-order valence-electron chi connectivity index (χ4n) is 9.33. The Kier molecular flexibility index (Phi) is 8.14. The lowest BCUT2D eigenvalue weighted by atomic mass is 9.88. The number of hydrogen-bond acceptors (Lipinski definition) is 4. The Morgan fingerprint density at radius 1 is 0.533 bits per heavy atom. The van der Waals surface area contributed by atoms with Crippen LogP contribution in [0, 0.1) is 0 Å². The monoisotopic (exact) mass is 779 g/mol. The van der Waals surface area contributed by atoms with E-state index in [2.05, 4.69) is 217 Å². The molecule has 10 aromatic rings. The Hall–Kier alpha value is -7.31. The van der Waals surface area contributed by atoms with Crippen LogP contribution >= 0.6 is 0 Å². The first-order valence-corrected chi connectivity index (χ1v) is 20.7. The SMILES string of the molecule is CC1N(C)c2ccccc2N1c1cccc(Oc2ccc3c4cc(-c5cccc6c5c5ccccc5n6-c5ccccc5)ccc4n(-c4cc(C(C)(C)C)ccn4)c3c2)c1. The van der Waals surface area contributed by atoms with Crippen LogP contribution in [0.3, 0.4) is 0 Å². The van der Waals surface area contributed by atoms with Crippen molar-refractivity contribution in [2.45, 2.75) is 39.3 Å². The van der Waals surface area contributed by atoms with Crippen LogP contribution in [0.1, 0.15) is 33.3 Å². The summed E-state index contributed by atoms with van der Waals surface area (Å²) in [7, 11) is 2.15. The van der Waals surface area contributed by atoms with Gasteiger partial charge in [0, 0.05) is 58.3 Å². The number of para-hydroxylation sites is 4. The van der Waals surface area contributed by atoms with Gasteiger partial charge in [-0.15, -0.1) is 0 Å². The molecule has 0 bridgehead atoms. The lowest BCUT2D eigenvalue weighted by molar-refractivity contribution is 0.483. The zero-order chi connectivity index (χ0) is 40.7. The molecule has 0 fully saturated rings. The normalized spacial score (nSPS) is 14.2. The van der Waals surface area contributed by atoms with E-state index in [-0.39, 0.29) is 11.6 Å². The van der Waals surface area contributed by atoms with Gasteiger partial charge in [0.2, 0.25) is 0 Å². The van der Waals surface area contributed by atoms with Gasteiger partial charge in [0.15, 0.2) is 0 Å². The average Bonchev–Trinajstić information content (AvgIpc) is 3.87. The number of hydrogen-bond donors (Lipinski definition) is 0. The van der Waals surface area contributed by atoms with E-state index in [0.717, 1.165) is 50.5 Å². The van der Waals surface area contributed by atoms with Crippen molar-refractivity contribution in [2.24, 2.45) is 0 Å². The molecule has 0 aliphatic carbocycles. The molecule has 0 saturated carbocycles. The molecular formula is C54H45N5O. The third-order valence-corrected chi connectivity index (χ3v) is 12.4. The summed E-state index contributed by atoms with van der Waals surface area (Å²) in [6.45, 7) is 8.98. The average molecular weight is 780 g/mol. The number of anilines is 3. The molecule has 6 heteroatoms. The molecule has 1 aliphatic heterocycles. The van der Waals surface area contributed by atoms with Gasteiger partial charge in [-0.1, -0.05) is 93.6 Å². The molecule has 6 nitrogen and oxygen atoms in total. The molecule has 1 atom stereocenters. The summed E-state index contributed by atoms with van der Waals surface area (Å²) in [5.74, 6) is 2.43. The lowest BCUT2D eigenvalue weighted by Crippen LogP contribution is -2.35. The molecule has 1 unspecified atom stereocenters. The number of pyridine rings is 1. The maximum absolute atomic E-state index is 6.75. The Labute approximate surface area is 350 Å². The van der Waals surface area contributed by atoms with E-state index in [1.807, 2.05) is 12.3 Å². The predicted octanol–water partition coefficient (Wildman–Crippen LogP) is 14.0. The van der Waals surface area contributed by atoms with Crippen LogP contribution < -0.4 is 14.5 Å². The van der Waals surface area contributed by atoms with Gasteiger partial charge in [0.25, 0.3) is 0 Å². The van der Waals surface area contributed by atoms with Crippen LogP contribution in [0.15, 0.2) is 176 Å². The highest BCUT2D eigenvalue weighted by atomic mass is 16.5. The second-order valence-corrected chi connectivity index (χ2v) is 17.0. The molecule has 292 valence electrons. The summed E-state index contributed by atoms with van der Waals surface area (Å²) in [6.07, 6.45) is 2.10. The standard InChI is InChI=1S/C54H45N5O/c1-35-56(5)48-22-11-12-23-49(48)57(35)39-17-13-18-40(33-39)60-41-26-27-43-45-31-36(25-28-47(45)59(51(43)34-41)52-32-37(29-30-55-52)54(2,3)4)42-20-14-24-50-53(42)44-19-9-10-21-46(44)58(50)38-15-7-6-8-16-38/h6-35H,1-5H3. The Bertz CT molecular complexity index is 3280. The molecule has 7 aromatic carbocycles. The number of aromatic nitrogens is 3. The summed E-state index contributed by atoms with van der Waals surface area (Å²) in [6, 6.07) is 60.8. The summed E-state index contributed by atoms with van der Waals surface area (Å²) in [5, 5.41) is 4.78. The number of ether oxygens (including phenoxy) is 1. The second-order valence-electron chi connectivity index (χ2n) is 17.0. The van der Waals surface area contributed by atoms with Crippen LogP contribution in [0.5, 0.6) is 11.5 Å². The Balaban J connectivity index is 1.07. The van der Waals surface area contributed by atoms with E-state index in [9.17, 15) is 0 Å². The van der Waals surface area contributed by atoms with E-state index in [1.54, 1.807) is 0 Å². The smallest absolute Gasteiger partial charge is 0.137 e. The number of rotatable bonds is 6. The molecule has 0 saturated heterocycles. The van der Waals surface area contributed by atoms with Gasteiger partial charge >= 0.3 is 0 Å². The molecule has 60 heavy (non-hydrogen) atoms. The zero-order valence-corrected chi connectivity index (χ0v) is 34.5. The van der Waals surface area contributed by atoms with Crippen molar-refractivity contribution in [3.8, 4) is 34.1 Å². The van der Waals surface area contributed by atoms with E-state index in [1.165, 1.54) is 49.9 Å². The Morgan fingerprint density at radius 3 is 2.10 bits per heavy atom. The maximum Gasteiger partial charge on any atom is 0.137 e. The fourth-order valence-corrected chi connectivity index (χ4v) is 9.33. The number of nitrogens with zero attached hydrogens (tertiary/aromatic N) is 5. The molecule has 0 N–H and O–H groups in total. The molecule has 0 spiro atoms. The fraction of sp³-hybridized carbons (Fsp3) is 0.130. The highest BCUT2D eigenvalue weighted by Crippen LogP contribution is 2.45. The van der Waals surface area contributed by atoms with Gasteiger partial charge < -0.3 is 19.1 Å². The summed E-state index contributed by atoms with van der Waals surface area (Å²) in [4.78, 5) is 9.68. The van der Waals surface area contributed by atoms with Crippen molar-refractivity contribution in [1.29, 1.82) is 0 Å². The van der Waals surface area contributed by atoms with Crippen LogP contribution in [-0.4, -0.2) is 27.3 Å². The number of fused-ring (bicyclic) bond motifs is 7. The molecule has 0 radical (unpaired) electrons. The minimum atomic E-state index is -0.0390. The van der Waals surface area contributed by atoms with Crippen molar-refractivity contribution < 1.29 is 4.74 Å². The van der Waals surface area contributed by atoms with Gasteiger partial charge in [-0.2, -0.15) is 0 Å². The van der Waals surface area contributed by atoms with E-state index >= 15 is 0 Å². The molecule has 3 aromatic heterocycles. The van der Waals surface area contributed by atoms with Crippen molar-refractivity contribution in [3.63, 3.8) is 0 Å². The van der Waals surface area contributed by atoms with E-state index < -0.39 is 0 Å². The lowest BCUT2D eigenvalue weighted by Gasteiger charge is -2.28. The zero-order valence-electron chi connectivity index (χ0n) is 34.5. The topological polar surface area (TPSA) is 38.5 Å². The van der Waals surface area contributed by atoms with Crippen molar-refractivity contribution >= 4 is 60.7 Å². The first-order chi connectivity index (χ1) is 29.2. The van der Waals surface area contributed by atoms with E-state index in [4.69, 9.17) is 9.72 Å². The van der Waals surface area contributed by atoms with Crippen molar-refractivity contribution in [1.82, 2.24) is 14.1 Å². The van der Waals surface area contributed by atoms with E-state index in [0.29, 0.717) is 0 Å². The van der Waals surface area contributed by atoms with Crippen LogP contribution in [0.4, 0.5) is 17.1 Å². The summed E-state index contributed by atoms with van der Waals surface area (Å²) >= 11 is 0. The number of benzene rings is 7. The molecule has 0 amide bonds. The van der Waals surface area contributed by atoms with Gasteiger partial charge in [-0.25, -0.2) is 4.98 Å². The summed E-state index contributed by atoms with van der Waals surface area (Å²) in [5.41, 5.74) is 12.7. The van der Waals surface area contributed by atoms with Crippen LogP contribution in [0.25, 0.3) is 66.2 Å². The minimum Gasteiger partial charge on any atom is -0.457 e. The first kappa shape index (κ1) is 35.8. The predicted molar refractivity (Wildman–Crippen MR) is 250 cm³/mol. The van der Waals surface area contributed by atoms with Crippen molar-refractivity contribution in [3.05, 3.63) is 182 Å². The molecule has 4 heterocycles. The minimum absolute atomic E-state index is 0.0390. The highest BCUT2D eigenvalue weighted by Gasteiger charge is 2.31. The molecule has 11 rings (SSSR count). The first-order valence-electron chi connectivity index (χ1n) is 20.7. The second kappa shape index (κ2) is 13.6. The summed E-state index contributed by atoms with van der Waals surface area (Å²) < 4.78 is 11.4. The molecular weight excluding hydrogens is 735 g/mol. The van der Waals surface area contributed by atoms with Gasteiger partial charge in [0.05, 0.1) is 33.4 Å². The quantitative estimate of drug-likeness (QED) is 0.168. The third-order valence-electron chi connectivity index (χ3n) is 12.4. The van der Waals surface area contributed by atoms with Gasteiger partial charge in [-0.3, -0.25) is 4.57 Å². The maximum atomic E-state index is 6.75. The highest BCUT2D eigenvalue weighted by molar-refractivity contribution is 6.17. The molecule has 1 aliphatic rings. The van der Waals surface area contributed by atoms with Crippen LogP contribution in [-0.2, 0) is 5.41 Å². The van der Waals surface area contributed by atoms with Crippen molar-refractivity contribution in [2.75, 3.05) is 16.8 Å². The van der Waals surface area contributed by atoms with Gasteiger partial charge in [0.1, 0.15) is 23.5 Å². The Morgan fingerprint density at radius 2 is 1.25 bits per heavy atom. The van der Waals surface area contributed by atoms with Crippen LogP contribution in [0.2, 0.25) is 0 Å². The largest absolute Gasteiger partial charge is 0.457 e.